The van der Waals surface area contributed by atoms with Gasteiger partial charge in [0.05, 0.1) is 12.5 Å². The number of ether oxygens (including phenoxy) is 1. The van der Waals surface area contributed by atoms with E-state index < -0.39 is 5.82 Å². The van der Waals surface area contributed by atoms with Crippen molar-refractivity contribution in [1.82, 2.24) is 14.9 Å². The molecule has 1 amide bonds. The Balaban J connectivity index is 1.47. The van der Waals surface area contributed by atoms with Crippen LogP contribution in [0, 0.1) is 11.7 Å². The van der Waals surface area contributed by atoms with Crippen LogP contribution in [0.3, 0.4) is 0 Å². The maximum absolute atomic E-state index is 15.0. The first-order valence-corrected chi connectivity index (χ1v) is 8.91. The summed E-state index contributed by atoms with van der Waals surface area (Å²) in [4.78, 5) is 24.5. The van der Waals surface area contributed by atoms with Crippen LogP contribution < -0.4 is 4.90 Å². The van der Waals surface area contributed by atoms with E-state index in [1.807, 2.05) is 40.1 Å². The summed E-state index contributed by atoms with van der Waals surface area (Å²) in [6.07, 6.45) is 2.19. The Morgan fingerprint density at radius 3 is 2.58 bits per heavy atom. The summed E-state index contributed by atoms with van der Waals surface area (Å²) < 4.78 is 20.3. The molecule has 1 aromatic heterocycles. The molecule has 2 saturated heterocycles. The number of carbonyl (C=O) groups excluding carboxylic acids is 1. The minimum absolute atomic E-state index is 0.0259. The first kappa shape index (κ1) is 16.9. The van der Waals surface area contributed by atoms with Crippen LogP contribution in [0.4, 0.5) is 10.2 Å². The van der Waals surface area contributed by atoms with Crippen LogP contribution in [0.5, 0.6) is 0 Å². The summed E-state index contributed by atoms with van der Waals surface area (Å²) >= 11 is 0. The lowest BCUT2D eigenvalue weighted by atomic mass is 10.1. The van der Waals surface area contributed by atoms with Gasteiger partial charge < -0.3 is 14.5 Å². The fourth-order valence-electron chi connectivity index (χ4n) is 3.50. The smallest absolute Gasteiger partial charge is 0.228 e. The number of benzene rings is 1. The van der Waals surface area contributed by atoms with Crippen molar-refractivity contribution in [2.45, 2.75) is 6.42 Å². The highest BCUT2D eigenvalue weighted by Crippen LogP contribution is 2.27. The van der Waals surface area contributed by atoms with Crippen LogP contribution >= 0.6 is 0 Å². The van der Waals surface area contributed by atoms with Gasteiger partial charge in [-0.25, -0.2) is 14.4 Å². The molecule has 1 atom stereocenters. The van der Waals surface area contributed by atoms with Crippen molar-refractivity contribution >= 4 is 11.7 Å². The van der Waals surface area contributed by atoms with E-state index in [2.05, 4.69) is 9.97 Å². The fraction of sp³-hybridized carbons (Fsp3) is 0.421. The number of anilines is 1. The molecule has 0 spiro atoms. The van der Waals surface area contributed by atoms with Crippen molar-refractivity contribution in [2.24, 2.45) is 5.92 Å². The van der Waals surface area contributed by atoms with Gasteiger partial charge in [0.25, 0.3) is 0 Å². The quantitative estimate of drug-likeness (QED) is 0.842. The van der Waals surface area contributed by atoms with Gasteiger partial charge in [-0.3, -0.25) is 4.79 Å². The van der Waals surface area contributed by atoms with Gasteiger partial charge in [0.15, 0.2) is 11.6 Å². The van der Waals surface area contributed by atoms with Gasteiger partial charge in [-0.15, -0.1) is 0 Å². The van der Waals surface area contributed by atoms with Crippen molar-refractivity contribution < 1.29 is 13.9 Å². The lowest BCUT2D eigenvalue weighted by Gasteiger charge is -2.36. The normalized spacial score (nSPS) is 20.4. The second-order valence-electron chi connectivity index (χ2n) is 6.60. The van der Waals surface area contributed by atoms with Gasteiger partial charge in [0.2, 0.25) is 5.91 Å². The highest BCUT2D eigenvalue weighted by molar-refractivity contribution is 5.79. The monoisotopic (exact) mass is 356 g/mol. The largest absolute Gasteiger partial charge is 0.381 e. The van der Waals surface area contributed by atoms with Crippen LogP contribution in [-0.4, -0.2) is 60.2 Å². The minimum atomic E-state index is -0.414. The van der Waals surface area contributed by atoms with Crippen molar-refractivity contribution in [3.8, 4) is 11.3 Å². The van der Waals surface area contributed by atoms with Gasteiger partial charge in [0, 0.05) is 38.3 Å². The Labute approximate surface area is 151 Å². The Morgan fingerprint density at radius 1 is 1.12 bits per heavy atom. The molecule has 136 valence electrons. The van der Waals surface area contributed by atoms with Crippen molar-refractivity contribution in [1.29, 1.82) is 0 Å². The summed E-state index contributed by atoms with van der Waals surface area (Å²) in [5.41, 5.74) is 1.03. The van der Waals surface area contributed by atoms with Crippen molar-refractivity contribution in [3.05, 3.63) is 42.5 Å². The zero-order valence-corrected chi connectivity index (χ0v) is 14.5. The van der Waals surface area contributed by atoms with Gasteiger partial charge >= 0.3 is 0 Å². The Kier molecular flexibility index (Phi) is 4.79. The van der Waals surface area contributed by atoms with E-state index in [9.17, 15) is 9.18 Å². The second kappa shape index (κ2) is 7.37. The summed E-state index contributed by atoms with van der Waals surface area (Å²) in [5, 5.41) is 0. The van der Waals surface area contributed by atoms with Crippen LogP contribution in [0.25, 0.3) is 11.3 Å². The molecule has 2 fully saturated rings. The van der Waals surface area contributed by atoms with E-state index in [0.717, 1.165) is 12.0 Å². The summed E-state index contributed by atoms with van der Waals surface area (Å²) in [5.74, 6) is 0.00937. The molecule has 4 rings (SSSR count). The summed E-state index contributed by atoms with van der Waals surface area (Å²) in [7, 11) is 0. The predicted molar refractivity (Wildman–Crippen MR) is 95.1 cm³/mol. The second-order valence-corrected chi connectivity index (χ2v) is 6.60. The topological polar surface area (TPSA) is 58.6 Å². The van der Waals surface area contributed by atoms with E-state index in [-0.39, 0.29) is 11.8 Å². The maximum atomic E-state index is 15.0. The first-order chi connectivity index (χ1) is 12.7. The van der Waals surface area contributed by atoms with E-state index >= 15 is 0 Å². The third-order valence-electron chi connectivity index (χ3n) is 4.99. The van der Waals surface area contributed by atoms with Gasteiger partial charge in [-0.05, 0) is 6.42 Å². The van der Waals surface area contributed by atoms with E-state index in [1.54, 1.807) is 0 Å². The zero-order valence-electron chi connectivity index (χ0n) is 14.5. The number of piperazine rings is 1. The number of nitrogens with zero attached hydrogens (tertiary/aromatic N) is 4. The standard InChI is InChI=1S/C19H21FN4O2/c20-16-17(14-4-2-1-3-5-14)21-13-22-18(16)23-7-9-24(10-8-23)19(25)15-6-11-26-12-15/h1-5,13,15H,6-12H2. The fourth-order valence-corrected chi connectivity index (χ4v) is 3.50. The van der Waals surface area contributed by atoms with E-state index in [4.69, 9.17) is 4.74 Å². The van der Waals surface area contributed by atoms with Crippen molar-refractivity contribution in [2.75, 3.05) is 44.3 Å². The van der Waals surface area contributed by atoms with Crippen LogP contribution in [0.1, 0.15) is 6.42 Å². The number of hydrogen-bond donors (Lipinski definition) is 0. The number of amides is 1. The highest BCUT2D eigenvalue weighted by Gasteiger charge is 2.31. The zero-order chi connectivity index (χ0) is 17.9. The molecule has 1 unspecified atom stereocenters. The predicted octanol–water partition coefficient (Wildman–Crippen LogP) is 1.97. The molecule has 2 aliphatic heterocycles. The lowest BCUT2D eigenvalue weighted by molar-refractivity contribution is -0.135. The summed E-state index contributed by atoms with van der Waals surface area (Å²) in [6, 6.07) is 9.25. The van der Waals surface area contributed by atoms with Crippen LogP contribution in [-0.2, 0) is 9.53 Å². The molecule has 0 bridgehead atoms. The van der Waals surface area contributed by atoms with Crippen LogP contribution in [0.15, 0.2) is 36.7 Å². The molecule has 0 N–H and O–H groups in total. The summed E-state index contributed by atoms with van der Waals surface area (Å²) in [6.45, 7) is 3.42. The molecule has 7 heteroatoms. The molecule has 0 aliphatic carbocycles. The minimum Gasteiger partial charge on any atom is -0.381 e. The average molecular weight is 356 g/mol. The van der Waals surface area contributed by atoms with Gasteiger partial charge in [-0.1, -0.05) is 30.3 Å². The Morgan fingerprint density at radius 2 is 1.88 bits per heavy atom. The molecular weight excluding hydrogens is 335 g/mol. The van der Waals surface area contributed by atoms with Crippen molar-refractivity contribution in [3.63, 3.8) is 0 Å². The number of carbonyl (C=O) groups is 1. The third-order valence-corrected chi connectivity index (χ3v) is 4.99. The molecule has 26 heavy (non-hydrogen) atoms. The maximum Gasteiger partial charge on any atom is 0.228 e. The Bertz CT molecular complexity index is 772. The SMILES string of the molecule is O=C(C1CCOC1)N1CCN(c2ncnc(-c3ccccc3)c2F)CC1. The molecule has 0 saturated carbocycles. The van der Waals surface area contributed by atoms with E-state index in [1.165, 1.54) is 6.33 Å². The lowest BCUT2D eigenvalue weighted by Crippen LogP contribution is -2.51. The highest BCUT2D eigenvalue weighted by atomic mass is 19.1. The molecule has 3 heterocycles. The molecular formula is C19H21FN4O2. The molecule has 6 nitrogen and oxygen atoms in total. The molecule has 1 aromatic carbocycles. The van der Waals surface area contributed by atoms with Crippen LogP contribution in [0.2, 0.25) is 0 Å². The molecule has 2 aliphatic rings. The number of halogens is 1. The number of aromatic nitrogens is 2. The molecule has 2 aromatic rings. The number of rotatable bonds is 3. The molecule has 0 radical (unpaired) electrons. The number of hydrogen-bond acceptors (Lipinski definition) is 5. The van der Waals surface area contributed by atoms with Gasteiger partial charge in [-0.2, -0.15) is 0 Å². The van der Waals surface area contributed by atoms with E-state index in [0.29, 0.717) is 50.9 Å². The Hall–Kier alpha value is -2.54. The first-order valence-electron chi connectivity index (χ1n) is 8.91. The third kappa shape index (κ3) is 3.26. The average Bonchev–Trinajstić information content (AvgIpc) is 3.23. The van der Waals surface area contributed by atoms with Gasteiger partial charge in [0.1, 0.15) is 12.0 Å².